The van der Waals surface area contributed by atoms with Crippen LogP contribution >= 0.6 is 23.4 Å². The van der Waals surface area contributed by atoms with Crippen LogP contribution in [0.15, 0.2) is 80.6 Å². The lowest BCUT2D eigenvalue weighted by atomic mass is 10.0. The number of Topliss-reactive ketones (excluding diaryl/α,β-unsaturated/α-hetero) is 1. The van der Waals surface area contributed by atoms with Crippen LogP contribution in [0.2, 0.25) is 5.02 Å². The van der Waals surface area contributed by atoms with Gasteiger partial charge in [-0.15, -0.1) is 0 Å². The second kappa shape index (κ2) is 8.57. The number of hydrogen-bond donors (Lipinski definition) is 0. The Bertz CT molecular complexity index is 1110. The lowest BCUT2D eigenvalue weighted by molar-refractivity contribution is -0.384. The van der Waals surface area contributed by atoms with Gasteiger partial charge >= 0.3 is 0 Å². The van der Waals surface area contributed by atoms with Crippen LogP contribution in [0.5, 0.6) is 0 Å². The first-order valence-electron chi connectivity index (χ1n) is 7.90. The zero-order valence-corrected chi connectivity index (χ0v) is 15.7. The summed E-state index contributed by atoms with van der Waals surface area (Å²) in [5, 5.41) is 21.4. The lowest BCUT2D eigenvalue weighted by Crippen LogP contribution is -2.02. The van der Waals surface area contributed by atoms with Gasteiger partial charge in [-0.05, 0) is 36.4 Å². The van der Waals surface area contributed by atoms with E-state index in [1.54, 1.807) is 24.3 Å². The third kappa shape index (κ3) is 4.68. The Morgan fingerprint density at radius 2 is 1.93 bits per heavy atom. The zero-order chi connectivity index (χ0) is 20.1. The molecule has 0 bridgehead atoms. The van der Waals surface area contributed by atoms with Gasteiger partial charge in [-0.25, -0.2) is 0 Å². The Morgan fingerprint density at radius 3 is 2.61 bits per heavy atom. The van der Waals surface area contributed by atoms with Crippen molar-refractivity contribution in [1.29, 1.82) is 5.26 Å². The number of carbonyl (C=O) groups excluding carboxylic acids is 1. The summed E-state index contributed by atoms with van der Waals surface area (Å²) in [7, 11) is 0. The first-order valence-corrected chi connectivity index (χ1v) is 9.10. The second-order valence-corrected chi connectivity index (χ2v) is 7.03. The molecule has 8 heteroatoms. The van der Waals surface area contributed by atoms with Crippen molar-refractivity contribution >= 4 is 40.9 Å². The van der Waals surface area contributed by atoms with Gasteiger partial charge in [0.15, 0.2) is 5.09 Å². The van der Waals surface area contributed by atoms with Crippen LogP contribution in [0.25, 0.3) is 6.08 Å². The van der Waals surface area contributed by atoms with Gasteiger partial charge in [0.1, 0.15) is 17.4 Å². The number of halogens is 1. The van der Waals surface area contributed by atoms with Gasteiger partial charge in [-0.2, -0.15) is 5.26 Å². The van der Waals surface area contributed by atoms with E-state index in [9.17, 15) is 20.2 Å². The number of nitro groups is 1. The maximum Gasteiger partial charge on any atom is 0.270 e. The summed E-state index contributed by atoms with van der Waals surface area (Å²) in [6.07, 6.45) is 1.31. The van der Waals surface area contributed by atoms with Crippen LogP contribution in [-0.4, -0.2) is 10.7 Å². The Kier molecular flexibility index (Phi) is 5.94. The highest BCUT2D eigenvalue weighted by molar-refractivity contribution is 7.99. The van der Waals surface area contributed by atoms with E-state index < -0.39 is 10.7 Å². The molecule has 0 aliphatic heterocycles. The maximum atomic E-state index is 12.5. The number of ketones is 1. The molecule has 1 heterocycles. The van der Waals surface area contributed by atoms with Gasteiger partial charge in [0.05, 0.1) is 4.92 Å². The predicted molar refractivity (Wildman–Crippen MR) is 105 cm³/mol. The number of carbonyl (C=O) groups is 1. The molecule has 0 saturated heterocycles. The maximum absolute atomic E-state index is 12.5. The summed E-state index contributed by atoms with van der Waals surface area (Å²) >= 11 is 7.22. The van der Waals surface area contributed by atoms with E-state index in [1.807, 2.05) is 18.2 Å². The second-order valence-electron chi connectivity index (χ2n) is 5.52. The van der Waals surface area contributed by atoms with Gasteiger partial charge in [0.2, 0.25) is 5.78 Å². The average molecular weight is 411 g/mol. The summed E-state index contributed by atoms with van der Waals surface area (Å²) in [4.78, 5) is 23.7. The third-order valence-corrected chi connectivity index (χ3v) is 4.79. The monoisotopic (exact) mass is 410 g/mol. The summed E-state index contributed by atoms with van der Waals surface area (Å²) < 4.78 is 5.64. The van der Waals surface area contributed by atoms with Gasteiger partial charge in [-0.3, -0.25) is 14.9 Å². The molecule has 0 unspecified atom stereocenters. The predicted octanol–water partition coefficient (Wildman–Crippen LogP) is 5.78. The molecule has 1 aromatic heterocycles. The van der Waals surface area contributed by atoms with E-state index in [-0.39, 0.29) is 16.8 Å². The van der Waals surface area contributed by atoms with E-state index in [2.05, 4.69) is 0 Å². The molecule has 2 aromatic carbocycles. The van der Waals surface area contributed by atoms with Gasteiger partial charge < -0.3 is 4.42 Å². The molecule has 0 atom stereocenters. The topological polar surface area (TPSA) is 97.1 Å². The Labute approximate surface area is 169 Å². The molecule has 0 N–H and O–H groups in total. The molecular weight excluding hydrogens is 400 g/mol. The van der Waals surface area contributed by atoms with Gasteiger partial charge in [0, 0.05) is 33.7 Å². The number of hydrogen-bond acceptors (Lipinski definition) is 6. The molecule has 0 aliphatic rings. The van der Waals surface area contributed by atoms with E-state index in [0.717, 1.165) is 11.0 Å². The van der Waals surface area contributed by atoms with Crippen molar-refractivity contribution in [2.45, 2.75) is 9.99 Å². The van der Waals surface area contributed by atoms with Crippen molar-refractivity contribution in [3.05, 3.63) is 92.7 Å². The molecule has 0 amide bonds. The highest BCUT2D eigenvalue weighted by Crippen LogP contribution is 2.30. The van der Waals surface area contributed by atoms with Crippen LogP contribution in [0.1, 0.15) is 16.1 Å². The number of benzene rings is 2. The minimum atomic E-state index is -0.616. The molecule has 138 valence electrons. The van der Waals surface area contributed by atoms with E-state index in [1.165, 1.54) is 36.0 Å². The minimum absolute atomic E-state index is 0.0596. The fourth-order valence-corrected chi connectivity index (χ4v) is 3.20. The minimum Gasteiger partial charge on any atom is -0.450 e. The Hall–Kier alpha value is -3.34. The number of rotatable bonds is 6. The normalized spacial score (nSPS) is 11.1. The highest BCUT2D eigenvalue weighted by atomic mass is 35.5. The SMILES string of the molecule is N#CC(=Cc1ccc(Sc2ccc(Cl)cc2)o1)C(=O)c1cccc([N+](=O)[O-])c1. The number of furan rings is 1. The van der Waals surface area contributed by atoms with Crippen LogP contribution in [0.3, 0.4) is 0 Å². The number of nitro benzene ring substituents is 1. The van der Waals surface area contributed by atoms with E-state index in [0.29, 0.717) is 15.9 Å². The van der Waals surface area contributed by atoms with Crippen LogP contribution in [0.4, 0.5) is 5.69 Å². The van der Waals surface area contributed by atoms with Gasteiger partial charge in [0.25, 0.3) is 5.69 Å². The van der Waals surface area contributed by atoms with Crippen molar-refractivity contribution in [2.75, 3.05) is 0 Å². The first kappa shape index (κ1) is 19.4. The standard InChI is InChI=1S/C20H11ClN2O4S/c21-15-4-7-18(8-5-15)28-19-9-6-17(27-19)11-14(12-22)20(24)13-2-1-3-16(10-13)23(25)26/h1-11H. The van der Waals surface area contributed by atoms with Crippen molar-refractivity contribution in [3.8, 4) is 6.07 Å². The van der Waals surface area contributed by atoms with E-state index in [4.69, 9.17) is 16.0 Å². The first-order chi connectivity index (χ1) is 13.5. The van der Waals surface area contributed by atoms with Crippen molar-refractivity contribution in [1.82, 2.24) is 0 Å². The van der Waals surface area contributed by atoms with Crippen molar-refractivity contribution < 1.29 is 14.1 Å². The third-order valence-electron chi connectivity index (χ3n) is 3.61. The van der Waals surface area contributed by atoms with Crippen molar-refractivity contribution in [2.24, 2.45) is 0 Å². The number of nitriles is 1. The molecular formula is C20H11ClN2O4S. The molecule has 0 saturated carbocycles. The average Bonchev–Trinajstić information content (AvgIpc) is 3.14. The Morgan fingerprint density at radius 1 is 1.18 bits per heavy atom. The molecule has 3 aromatic rings. The quantitative estimate of drug-likeness (QED) is 0.168. The van der Waals surface area contributed by atoms with Crippen LogP contribution in [0, 0.1) is 21.4 Å². The molecule has 28 heavy (non-hydrogen) atoms. The zero-order valence-electron chi connectivity index (χ0n) is 14.2. The molecule has 0 radical (unpaired) electrons. The fourth-order valence-electron chi connectivity index (χ4n) is 2.29. The molecule has 0 fully saturated rings. The fraction of sp³-hybridized carbons (Fsp3) is 0. The van der Waals surface area contributed by atoms with E-state index >= 15 is 0 Å². The molecule has 3 rings (SSSR count). The number of nitrogens with zero attached hydrogens (tertiary/aromatic N) is 2. The number of allylic oxidation sites excluding steroid dienone is 1. The number of non-ortho nitro benzene ring substituents is 1. The van der Waals surface area contributed by atoms with Crippen LogP contribution in [-0.2, 0) is 0 Å². The van der Waals surface area contributed by atoms with Crippen molar-refractivity contribution in [3.63, 3.8) is 0 Å². The Balaban J connectivity index is 1.81. The highest BCUT2D eigenvalue weighted by Gasteiger charge is 2.16. The summed E-state index contributed by atoms with van der Waals surface area (Å²) in [6, 6.07) is 17.6. The molecule has 0 aliphatic carbocycles. The molecule has 0 spiro atoms. The lowest BCUT2D eigenvalue weighted by Gasteiger charge is -2.00. The summed E-state index contributed by atoms with van der Waals surface area (Å²) in [5.41, 5.74) is -0.343. The summed E-state index contributed by atoms with van der Waals surface area (Å²) in [5.74, 6) is -0.290. The smallest absolute Gasteiger partial charge is 0.270 e. The summed E-state index contributed by atoms with van der Waals surface area (Å²) in [6.45, 7) is 0. The molecule has 6 nitrogen and oxygen atoms in total. The van der Waals surface area contributed by atoms with Crippen LogP contribution < -0.4 is 0 Å². The van der Waals surface area contributed by atoms with Gasteiger partial charge in [-0.1, -0.05) is 35.5 Å². The largest absolute Gasteiger partial charge is 0.450 e.